The molecule has 0 saturated heterocycles. The molecule has 0 unspecified atom stereocenters. The van der Waals surface area contributed by atoms with Gasteiger partial charge in [0.15, 0.2) is 18.2 Å². The standard InChI is InChI=1S/C24H21FN6O2/c1-16-27-22(14-23(28-16)31-21-8-4-5-13-26-21)29-17-9-11-18(12-10-17)30-24(32)15-33-20-7-3-2-6-19(20)25/h2-14H,15H2,1H3,(H,30,32)(H2,26,27,28,29,31). The number of hydrogen-bond donors (Lipinski definition) is 3. The molecule has 0 aliphatic carbocycles. The summed E-state index contributed by atoms with van der Waals surface area (Å²) in [5.74, 6) is 1.62. The molecule has 2 aromatic carbocycles. The van der Waals surface area contributed by atoms with Crippen molar-refractivity contribution < 1.29 is 13.9 Å². The Morgan fingerprint density at radius 3 is 2.30 bits per heavy atom. The molecule has 9 heteroatoms. The van der Waals surface area contributed by atoms with Crippen LogP contribution in [0.3, 0.4) is 0 Å². The number of halogens is 1. The highest BCUT2D eigenvalue weighted by atomic mass is 19.1. The summed E-state index contributed by atoms with van der Waals surface area (Å²) in [6.45, 7) is 1.50. The highest BCUT2D eigenvalue weighted by Crippen LogP contribution is 2.21. The molecule has 0 saturated carbocycles. The number of hydrogen-bond acceptors (Lipinski definition) is 7. The van der Waals surface area contributed by atoms with Gasteiger partial charge >= 0.3 is 0 Å². The van der Waals surface area contributed by atoms with Gasteiger partial charge in [0, 0.05) is 23.6 Å². The largest absolute Gasteiger partial charge is 0.481 e. The number of aryl methyl sites for hydroxylation is 1. The van der Waals surface area contributed by atoms with E-state index in [1.165, 1.54) is 12.1 Å². The van der Waals surface area contributed by atoms with Crippen LogP contribution in [0.2, 0.25) is 0 Å². The smallest absolute Gasteiger partial charge is 0.262 e. The zero-order chi connectivity index (χ0) is 23.0. The lowest BCUT2D eigenvalue weighted by Crippen LogP contribution is -2.20. The fourth-order valence-electron chi connectivity index (χ4n) is 2.95. The second-order valence-corrected chi connectivity index (χ2v) is 7.00. The van der Waals surface area contributed by atoms with Gasteiger partial charge in [-0.25, -0.2) is 19.3 Å². The Bertz CT molecular complexity index is 1240. The topological polar surface area (TPSA) is 101 Å². The molecule has 0 bridgehead atoms. The van der Waals surface area contributed by atoms with E-state index in [1.54, 1.807) is 55.6 Å². The number of rotatable bonds is 8. The first kappa shape index (κ1) is 21.7. The lowest BCUT2D eigenvalue weighted by molar-refractivity contribution is -0.118. The third kappa shape index (κ3) is 6.23. The number of ether oxygens (including phenoxy) is 1. The van der Waals surface area contributed by atoms with Crippen LogP contribution in [0, 0.1) is 12.7 Å². The Balaban J connectivity index is 1.34. The molecule has 4 aromatic rings. The molecule has 0 atom stereocenters. The summed E-state index contributed by atoms with van der Waals surface area (Å²) in [7, 11) is 0. The number of para-hydroxylation sites is 1. The molecule has 4 rings (SSSR count). The predicted molar refractivity (Wildman–Crippen MR) is 125 cm³/mol. The van der Waals surface area contributed by atoms with Crippen molar-refractivity contribution in [2.75, 3.05) is 22.6 Å². The summed E-state index contributed by atoms with van der Waals surface area (Å²) in [4.78, 5) is 25.1. The van der Waals surface area contributed by atoms with Gasteiger partial charge in [-0.2, -0.15) is 0 Å². The van der Waals surface area contributed by atoms with Crippen LogP contribution in [0.5, 0.6) is 5.75 Å². The van der Waals surface area contributed by atoms with Crippen molar-refractivity contribution in [3.05, 3.63) is 90.6 Å². The highest BCUT2D eigenvalue weighted by molar-refractivity contribution is 5.92. The lowest BCUT2D eigenvalue weighted by atomic mass is 10.2. The van der Waals surface area contributed by atoms with Gasteiger partial charge in [-0.15, -0.1) is 0 Å². The van der Waals surface area contributed by atoms with Crippen LogP contribution in [-0.4, -0.2) is 27.5 Å². The first-order valence-electron chi connectivity index (χ1n) is 10.1. The van der Waals surface area contributed by atoms with Crippen molar-refractivity contribution in [2.24, 2.45) is 0 Å². The molecular weight excluding hydrogens is 423 g/mol. The molecule has 0 aliphatic heterocycles. The van der Waals surface area contributed by atoms with E-state index >= 15 is 0 Å². The average Bonchev–Trinajstić information content (AvgIpc) is 2.80. The quantitative estimate of drug-likeness (QED) is 0.358. The minimum Gasteiger partial charge on any atom is -0.481 e. The average molecular weight is 444 g/mol. The van der Waals surface area contributed by atoms with Gasteiger partial charge in [-0.05, 0) is 55.5 Å². The van der Waals surface area contributed by atoms with Gasteiger partial charge in [-0.3, -0.25) is 4.79 Å². The third-order valence-electron chi connectivity index (χ3n) is 4.40. The van der Waals surface area contributed by atoms with Gasteiger partial charge in [0.25, 0.3) is 5.91 Å². The third-order valence-corrected chi connectivity index (χ3v) is 4.40. The molecule has 33 heavy (non-hydrogen) atoms. The normalized spacial score (nSPS) is 10.4. The fraction of sp³-hybridized carbons (Fsp3) is 0.0833. The molecule has 8 nitrogen and oxygen atoms in total. The van der Waals surface area contributed by atoms with Gasteiger partial charge < -0.3 is 20.7 Å². The summed E-state index contributed by atoms with van der Waals surface area (Å²) in [6.07, 6.45) is 1.70. The monoisotopic (exact) mass is 444 g/mol. The maximum Gasteiger partial charge on any atom is 0.262 e. The van der Waals surface area contributed by atoms with Crippen LogP contribution in [-0.2, 0) is 4.79 Å². The van der Waals surface area contributed by atoms with Crippen LogP contribution >= 0.6 is 0 Å². The number of carbonyl (C=O) groups excluding carboxylic acids is 1. The molecule has 2 aromatic heterocycles. The van der Waals surface area contributed by atoms with Crippen LogP contribution < -0.4 is 20.7 Å². The van der Waals surface area contributed by atoms with Gasteiger partial charge in [0.2, 0.25) is 0 Å². The van der Waals surface area contributed by atoms with Crippen molar-refractivity contribution in [2.45, 2.75) is 6.92 Å². The minimum absolute atomic E-state index is 0.0317. The van der Waals surface area contributed by atoms with E-state index in [2.05, 4.69) is 30.9 Å². The number of carbonyl (C=O) groups is 1. The SMILES string of the molecule is Cc1nc(Nc2ccc(NC(=O)COc3ccccc3F)cc2)cc(Nc2ccccn2)n1. The van der Waals surface area contributed by atoms with Crippen molar-refractivity contribution in [3.63, 3.8) is 0 Å². The van der Waals surface area contributed by atoms with E-state index in [-0.39, 0.29) is 12.4 Å². The minimum atomic E-state index is -0.515. The van der Waals surface area contributed by atoms with Crippen LogP contribution in [0.15, 0.2) is 79.0 Å². The molecule has 0 fully saturated rings. The molecule has 0 radical (unpaired) electrons. The second kappa shape index (κ2) is 10.2. The van der Waals surface area contributed by atoms with E-state index in [1.807, 2.05) is 18.2 Å². The first-order valence-corrected chi connectivity index (χ1v) is 10.1. The second-order valence-electron chi connectivity index (χ2n) is 7.00. The van der Waals surface area contributed by atoms with E-state index in [4.69, 9.17) is 4.74 Å². The summed E-state index contributed by atoms with van der Waals surface area (Å²) >= 11 is 0. The van der Waals surface area contributed by atoms with E-state index in [9.17, 15) is 9.18 Å². The Morgan fingerprint density at radius 2 is 1.58 bits per heavy atom. The summed E-state index contributed by atoms with van der Waals surface area (Å²) in [6, 6.07) is 20.4. The molecule has 3 N–H and O–H groups in total. The van der Waals surface area contributed by atoms with E-state index < -0.39 is 11.7 Å². The van der Waals surface area contributed by atoms with Gasteiger partial charge in [0.05, 0.1) is 0 Å². The number of nitrogens with one attached hydrogen (secondary N) is 3. The molecule has 1 amide bonds. The van der Waals surface area contributed by atoms with Crippen LogP contribution in [0.25, 0.3) is 0 Å². The number of pyridine rings is 1. The Kier molecular flexibility index (Phi) is 6.70. The zero-order valence-electron chi connectivity index (χ0n) is 17.7. The predicted octanol–water partition coefficient (Wildman–Crippen LogP) is 4.82. The van der Waals surface area contributed by atoms with Crippen LogP contribution in [0.1, 0.15) is 5.82 Å². The van der Waals surface area contributed by atoms with Gasteiger partial charge in [0.1, 0.15) is 23.3 Å². The zero-order valence-corrected chi connectivity index (χ0v) is 17.7. The first-order chi connectivity index (χ1) is 16.0. The highest BCUT2D eigenvalue weighted by Gasteiger charge is 2.08. The summed E-state index contributed by atoms with van der Waals surface area (Å²) < 4.78 is 18.8. The Labute approximate surface area is 189 Å². The number of benzene rings is 2. The fourth-order valence-corrected chi connectivity index (χ4v) is 2.95. The maximum absolute atomic E-state index is 13.6. The number of amides is 1. The summed E-state index contributed by atoms with van der Waals surface area (Å²) in [5.41, 5.74) is 1.36. The van der Waals surface area contributed by atoms with Crippen molar-refractivity contribution in [1.29, 1.82) is 0 Å². The van der Waals surface area contributed by atoms with E-state index in [0.717, 1.165) is 5.69 Å². The van der Waals surface area contributed by atoms with E-state index in [0.29, 0.717) is 29.0 Å². The molecule has 166 valence electrons. The number of nitrogens with zero attached hydrogens (tertiary/aromatic N) is 3. The number of anilines is 5. The van der Waals surface area contributed by atoms with Crippen molar-refractivity contribution in [3.8, 4) is 5.75 Å². The van der Waals surface area contributed by atoms with Crippen molar-refractivity contribution >= 4 is 34.7 Å². The number of aromatic nitrogens is 3. The van der Waals surface area contributed by atoms with Crippen LogP contribution in [0.4, 0.5) is 33.2 Å². The Hall–Kier alpha value is -4.53. The summed E-state index contributed by atoms with van der Waals surface area (Å²) in [5, 5.41) is 9.07. The van der Waals surface area contributed by atoms with Gasteiger partial charge in [-0.1, -0.05) is 18.2 Å². The molecular formula is C24H21FN6O2. The molecule has 2 heterocycles. The molecule has 0 spiro atoms. The maximum atomic E-state index is 13.6. The molecule has 0 aliphatic rings. The lowest BCUT2D eigenvalue weighted by Gasteiger charge is -2.11. The Morgan fingerprint density at radius 1 is 0.879 bits per heavy atom. The van der Waals surface area contributed by atoms with Crippen molar-refractivity contribution in [1.82, 2.24) is 15.0 Å².